The van der Waals surface area contributed by atoms with Crippen molar-refractivity contribution >= 4 is 28.7 Å². The van der Waals surface area contributed by atoms with E-state index in [0.29, 0.717) is 38.5 Å². The molecule has 0 heterocycles. The molecule has 3 saturated carbocycles. The summed E-state index contributed by atoms with van der Waals surface area (Å²) in [5.41, 5.74) is -2.08. The van der Waals surface area contributed by atoms with E-state index in [0.717, 1.165) is 35.8 Å². The van der Waals surface area contributed by atoms with Crippen LogP contribution < -0.4 is 0 Å². The summed E-state index contributed by atoms with van der Waals surface area (Å²) in [5, 5.41) is 7.74. The Labute approximate surface area is 208 Å². The number of rotatable bonds is 4. The first-order valence-corrected chi connectivity index (χ1v) is 13.1. The second kappa shape index (κ2) is 11.8. The predicted molar refractivity (Wildman–Crippen MR) is 128 cm³/mol. The van der Waals surface area contributed by atoms with Gasteiger partial charge in [-0.2, -0.15) is 26.3 Å². The van der Waals surface area contributed by atoms with Crippen LogP contribution in [0.15, 0.2) is 0 Å². The minimum atomic E-state index is -4.60. The summed E-state index contributed by atoms with van der Waals surface area (Å²) >= 11 is 1.15. The second-order valence-electron chi connectivity index (χ2n) is 10.3. The Morgan fingerprint density at radius 1 is 0.939 bits per heavy atom. The lowest BCUT2D eigenvalue weighted by molar-refractivity contribution is -0.177. The van der Waals surface area contributed by atoms with Crippen LogP contribution in [0.4, 0.5) is 26.3 Å². The van der Waals surface area contributed by atoms with Gasteiger partial charge in [0.25, 0.3) is 0 Å². The van der Waals surface area contributed by atoms with Crippen molar-refractivity contribution in [2.24, 2.45) is 40.4 Å². The number of hydrogen-bond donors (Lipinski definition) is 2. The minimum Gasteiger partial charge on any atom is -0.331 e. The van der Waals surface area contributed by atoms with Gasteiger partial charge in [-0.05, 0) is 79.4 Å². The maximum Gasteiger partial charge on any atom is 0.429 e. The van der Waals surface area contributed by atoms with E-state index in [1.807, 2.05) is 34.6 Å². The molecule has 0 bridgehead atoms. The Bertz CT molecular complexity index is 639. The quantitative estimate of drug-likeness (QED) is 0.189. The van der Waals surface area contributed by atoms with Crippen LogP contribution in [0.2, 0.25) is 0 Å². The van der Waals surface area contributed by atoms with Gasteiger partial charge in [0.2, 0.25) is 0 Å². The topological polar surface area (TPSA) is 44.1 Å². The molecule has 3 rings (SSSR count). The number of alkyl halides is 6. The van der Waals surface area contributed by atoms with E-state index in [4.69, 9.17) is 8.85 Å². The molecule has 0 aromatic rings. The lowest BCUT2D eigenvalue weighted by Crippen LogP contribution is -2.53. The molecule has 0 amide bonds. The predicted octanol–water partition coefficient (Wildman–Crippen LogP) is 9.15. The highest BCUT2D eigenvalue weighted by molar-refractivity contribution is 14.1. The van der Waals surface area contributed by atoms with Crippen LogP contribution in [-0.2, 0) is 0 Å². The third-order valence-electron chi connectivity index (χ3n) is 8.99. The van der Waals surface area contributed by atoms with Crippen LogP contribution in [0.5, 0.6) is 0 Å². The molecule has 2 nitrogen and oxygen atoms in total. The summed E-state index contributed by atoms with van der Waals surface area (Å²) in [7, 11) is 0. The summed E-state index contributed by atoms with van der Waals surface area (Å²) < 4.78 is 86.5. The molecule has 7 atom stereocenters. The van der Waals surface area contributed by atoms with Crippen molar-refractivity contribution in [3.05, 3.63) is 0 Å². The molecule has 0 radical (unpaired) electrons. The zero-order valence-electron chi connectivity index (χ0n) is 20.3. The lowest BCUT2D eigenvalue weighted by Gasteiger charge is -2.59. The first kappa shape index (κ1) is 31.0. The van der Waals surface area contributed by atoms with E-state index in [1.54, 1.807) is 0 Å². The Morgan fingerprint density at radius 3 is 2.00 bits per heavy atom. The largest absolute Gasteiger partial charge is 0.429 e. The van der Waals surface area contributed by atoms with Gasteiger partial charge in [-0.3, -0.25) is 0 Å². The first-order valence-electron chi connectivity index (χ1n) is 12.1. The van der Waals surface area contributed by atoms with Crippen molar-refractivity contribution in [2.75, 3.05) is 0 Å². The van der Waals surface area contributed by atoms with Gasteiger partial charge in [0.15, 0.2) is 0 Å². The van der Waals surface area contributed by atoms with Crippen molar-refractivity contribution in [2.45, 2.75) is 105 Å². The van der Waals surface area contributed by atoms with Crippen LogP contribution in [-0.4, -0.2) is 21.5 Å². The molecular weight excluding hydrogens is 559 g/mol. The zero-order chi connectivity index (χ0) is 25.8. The molecule has 33 heavy (non-hydrogen) atoms. The average molecular weight is 599 g/mol. The van der Waals surface area contributed by atoms with Crippen molar-refractivity contribution in [3.8, 4) is 0 Å². The van der Waals surface area contributed by atoms with Crippen LogP contribution in [0.1, 0.15) is 92.4 Å². The Hall–Kier alpha value is -0.0600. The van der Waals surface area contributed by atoms with Gasteiger partial charge in [-0.15, -0.1) is 0 Å². The average Bonchev–Trinajstić information content (AvgIpc) is 3.08. The number of halogens is 7. The highest BCUT2D eigenvalue weighted by atomic mass is 127. The smallest absolute Gasteiger partial charge is 0.331 e. The third kappa shape index (κ3) is 6.39. The molecule has 0 aromatic heterocycles. The van der Waals surface area contributed by atoms with Gasteiger partial charge in [0.1, 0.15) is 28.7 Å². The first-order chi connectivity index (χ1) is 15.2. The van der Waals surface area contributed by atoms with E-state index in [1.165, 1.54) is 0 Å². The SMILES string of the molecule is CC.CCCC1(C)C(CC(F)(F)F)CCC2C1CCC1(C)C(C(=N)C(F)(F)F)CCC21.OI. The number of fused-ring (bicyclic) bond motifs is 3. The van der Waals surface area contributed by atoms with Gasteiger partial charge in [-0.1, -0.05) is 41.0 Å². The van der Waals surface area contributed by atoms with Crippen molar-refractivity contribution < 1.29 is 29.8 Å². The van der Waals surface area contributed by atoms with E-state index in [-0.39, 0.29) is 17.8 Å². The zero-order valence-corrected chi connectivity index (χ0v) is 22.5. The fourth-order valence-electron chi connectivity index (χ4n) is 7.75. The summed E-state index contributed by atoms with van der Waals surface area (Å²) in [5.74, 6) is -0.782. The maximum atomic E-state index is 13.3. The van der Waals surface area contributed by atoms with Gasteiger partial charge < -0.3 is 8.85 Å². The molecule has 3 aliphatic carbocycles. The molecule has 0 aromatic carbocycles. The number of hydrogen-bond acceptors (Lipinski definition) is 2. The standard InChI is InChI=1S/C22H33F6N.C2H6.HIO/c1-4-10-19(2)13(12-21(23,24)25)5-6-14-15-7-8-17(18(29)22(26,27)28)20(15,3)11-9-16(14)19;2*1-2/h13-17,29H,4-12H2,1-3H3;1-2H3;2H. The third-order valence-corrected chi connectivity index (χ3v) is 8.99. The van der Waals surface area contributed by atoms with Crippen molar-refractivity contribution in [1.29, 1.82) is 5.41 Å². The van der Waals surface area contributed by atoms with Crippen LogP contribution >= 0.6 is 23.0 Å². The molecule has 3 fully saturated rings. The fourth-order valence-corrected chi connectivity index (χ4v) is 7.75. The summed E-state index contributed by atoms with van der Waals surface area (Å²) in [4.78, 5) is 0. The van der Waals surface area contributed by atoms with E-state index in [9.17, 15) is 26.3 Å². The number of nitrogens with one attached hydrogen (secondary N) is 1. The van der Waals surface area contributed by atoms with E-state index >= 15 is 0 Å². The molecule has 196 valence electrons. The Balaban J connectivity index is 0.00000129. The second-order valence-corrected chi connectivity index (χ2v) is 10.3. The van der Waals surface area contributed by atoms with Crippen LogP contribution in [0, 0.1) is 45.8 Å². The van der Waals surface area contributed by atoms with Crippen molar-refractivity contribution in [3.63, 3.8) is 0 Å². The van der Waals surface area contributed by atoms with Gasteiger partial charge in [0.05, 0.1) is 0 Å². The normalized spacial score (nSPS) is 38.2. The van der Waals surface area contributed by atoms with Gasteiger partial charge in [-0.25, -0.2) is 0 Å². The van der Waals surface area contributed by atoms with Crippen LogP contribution in [0.3, 0.4) is 0 Å². The molecule has 2 N–H and O–H groups in total. The van der Waals surface area contributed by atoms with E-state index in [2.05, 4.69) is 0 Å². The monoisotopic (exact) mass is 599 g/mol. The fraction of sp³-hybridized carbons (Fsp3) is 0.958. The van der Waals surface area contributed by atoms with Crippen LogP contribution in [0.25, 0.3) is 0 Å². The molecule has 7 unspecified atom stereocenters. The Morgan fingerprint density at radius 2 is 1.52 bits per heavy atom. The van der Waals surface area contributed by atoms with E-state index < -0.39 is 47.2 Å². The Kier molecular flexibility index (Phi) is 11.1. The highest BCUT2D eigenvalue weighted by Gasteiger charge is 2.62. The minimum absolute atomic E-state index is 0.0805. The molecule has 0 spiro atoms. The lowest BCUT2D eigenvalue weighted by atomic mass is 9.46. The summed E-state index contributed by atoms with van der Waals surface area (Å²) in [6.45, 7) is 9.92. The molecule has 0 aliphatic heterocycles. The molecular formula is C24H40F6INO. The molecule has 0 saturated heterocycles. The highest BCUT2D eigenvalue weighted by Crippen LogP contribution is 2.67. The summed E-state index contributed by atoms with van der Waals surface area (Å²) in [6.07, 6.45) is -4.50. The van der Waals surface area contributed by atoms with Gasteiger partial charge >= 0.3 is 12.4 Å². The summed E-state index contributed by atoms with van der Waals surface area (Å²) in [6, 6.07) is 0. The van der Waals surface area contributed by atoms with Gasteiger partial charge in [0, 0.05) is 12.3 Å². The molecule has 3 aliphatic rings. The van der Waals surface area contributed by atoms with Crippen molar-refractivity contribution in [1.82, 2.24) is 0 Å². The maximum absolute atomic E-state index is 13.3. The molecule has 9 heteroatoms.